The van der Waals surface area contributed by atoms with Crippen molar-refractivity contribution in [1.29, 1.82) is 0 Å². The lowest BCUT2D eigenvalue weighted by Gasteiger charge is -1.56. The molecule has 0 N–H and O–H groups in total. The summed E-state index contributed by atoms with van der Waals surface area (Å²) in [6.07, 6.45) is 0. The molecular formula is C5H4O2S. The Balaban J connectivity index is 3.86. The molecular weight excluding hydrogens is 124 g/mol. The van der Waals surface area contributed by atoms with E-state index >= 15 is 0 Å². The molecule has 0 saturated carbocycles. The van der Waals surface area contributed by atoms with Crippen molar-refractivity contribution in [2.75, 3.05) is 0 Å². The smallest absolute Gasteiger partial charge is 0.363 e. The molecule has 0 saturated heterocycles. The van der Waals surface area contributed by atoms with E-state index in [9.17, 15) is 0 Å². The lowest BCUT2D eigenvalue weighted by molar-refractivity contribution is 0.404. The Labute approximate surface area is 50.7 Å². The highest BCUT2D eigenvalue weighted by Crippen LogP contribution is 1.74. The van der Waals surface area contributed by atoms with Gasteiger partial charge in [0, 0.05) is 12.2 Å². The van der Waals surface area contributed by atoms with Gasteiger partial charge in [-0.15, -0.1) is 0 Å². The van der Waals surface area contributed by atoms with Crippen molar-refractivity contribution in [2.45, 2.75) is 0 Å². The lowest BCUT2D eigenvalue weighted by Crippen LogP contribution is -2.13. The maximum Gasteiger partial charge on any atom is 0.363 e. The van der Waals surface area contributed by atoms with Crippen LogP contribution in [0.1, 0.15) is 0 Å². The van der Waals surface area contributed by atoms with Crippen LogP contribution in [0.15, 0.2) is 8.83 Å². The zero-order valence-electron chi connectivity index (χ0n) is 4.14. The average molecular weight is 128 g/mol. The molecule has 0 aromatic carbocycles. The largest absolute Gasteiger partial charge is 0.414 e. The van der Waals surface area contributed by atoms with Gasteiger partial charge in [0.1, 0.15) is 0 Å². The van der Waals surface area contributed by atoms with E-state index in [0.29, 0.717) is 10.8 Å². The highest BCUT2D eigenvalue weighted by molar-refractivity contribution is 7.71. The Morgan fingerprint density at radius 3 is 1.62 bits per heavy atom. The molecule has 0 bridgehead atoms. The van der Waals surface area contributed by atoms with E-state index < -0.39 is 0 Å². The molecule has 0 aliphatic heterocycles. The Hall–Kier alpha value is -0.830. The quantitative estimate of drug-likeness (QED) is 0.474. The van der Waals surface area contributed by atoms with Crippen LogP contribution in [-0.2, 0) is 0 Å². The number of rotatable bonds is 0. The van der Waals surface area contributed by atoms with Crippen molar-refractivity contribution in [3.05, 3.63) is 15.7 Å². The fourth-order valence-corrected chi connectivity index (χ4v) is 0.537. The topological polar surface area (TPSA) is 26.3 Å². The van der Waals surface area contributed by atoms with Gasteiger partial charge in [0.25, 0.3) is 0 Å². The summed E-state index contributed by atoms with van der Waals surface area (Å²) in [5.41, 5.74) is 0.796. The SMILES string of the molecule is C=c1oc(=S)oc1=C. The minimum atomic E-state index is 0.0833. The summed E-state index contributed by atoms with van der Waals surface area (Å²) in [6, 6.07) is 0. The molecule has 0 amide bonds. The van der Waals surface area contributed by atoms with Gasteiger partial charge in [-0.1, -0.05) is 13.2 Å². The molecule has 2 nitrogen and oxygen atoms in total. The molecule has 1 aromatic heterocycles. The molecule has 0 aliphatic carbocycles. The standard InChI is InChI=1S/C5H4O2S/c1-3-4(2)7-5(8)6-3/h1-2H2. The van der Waals surface area contributed by atoms with Crippen molar-refractivity contribution < 1.29 is 8.83 Å². The van der Waals surface area contributed by atoms with Crippen LogP contribution >= 0.6 is 12.2 Å². The van der Waals surface area contributed by atoms with Gasteiger partial charge in [0.15, 0.2) is 10.8 Å². The van der Waals surface area contributed by atoms with E-state index in [4.69, 9.17) is 0 Å². The highest BCUT2D eigenvalue weighted by atomic mass is 32.1. The highest BCUT2D eigenvalue weighted by Gasteiger charge is 1.84. The van der Waals surface area contributed by atoms with E-state index in [1.54, 1.807) is 0 Å². The van der Waals surface area contributed by atoms with Crippen LogP contribution in [0.3, 0.4) is 0 Å². The lowest BCUT2D eigenvalue weighted by atomic mass is 10.7. The van der Waals surface area contributed by atoms with Gasteiger partial charge >= 0.3 is 4.90 Å². The van der Waals surface area contributed by atoms with Gasteiger partial charge in [-0.3, -0.25) is 0 Å². The first-order valence-corrected chi connectivity index (χ1v) is 2.39. The molecule has 1 heterocycles. The number of hydrogen-bond donors (Lipinski definition) is 0. The van der Waals surface area contributed by atoms with Crippen molar-refractivity contribution in [3.8, 4) is 0 Å². The molecule has 0 spiro atoms. The van der Waals surface area contributed by atoms with E-state index in [1.165, 1.54) is 0 Å². The second kappa shape index (κ2) is 1.59. The van der Waals surface area contributed by atoms with Crippen molar-refractivity contribution >= 4 is 25.4 Å². The van der Waals surface area contributed by atoms with Gasteiger partial charge in [-0.05, 0) is 0 Å². The molecule has 0 aliphatic rings. The number of hydrogen-bond acceptors (Lipinski definition) is 3. The van der Waals surface area contributed by atoms with Gasteiger partial charge in [0.2, 0.25) is 0 Å². The maximum absolute atomic E-state index is 4.69. The first kappa shape index (κ1) is 5.31. The molecule has 0 fully saturated rings. The molecule has 3 heteroatoms. The van der Waals surface area contributed by atoms with Crippen molar-refractivity contribution in [1.82, 2.24) is 0 Å². The minimum absolute atomic E-state index is 0.0833. The van der Waals surface area contributed by atoms with Crippen LogP contribution in [-0.4, -0.2) is 0 Å². The van der Waals surface area contributed by atoms with E-state index in [2.05, 4.69) is 34.2 Å². The fourth-order valence-electron chi connectivity index (χ4n) is 0.336. The zero-order chi connectivity index (χ0) is 6.15. The van der Waals surface area contributed by atoms with E-state index in [0.717, 1.165) is 0 Å². The van der Waals surface area contributed by atoms with E-state index in [-0.39, 0.29) is 4.90 Å². The van der Waals surface area contributed by atoms with Crippen molar-refractivity contribution in [3.63, 3.8) is 0 Å². The third-order valence-corrected chi connectivity index (χ3v) is 0.891. The Morgan fingerprint density at radius 2 is 1.50 bits per heavy atom. The third kappa shape index (κ3) is 0.721. The minimum Gasteiger partial charge on any atom is -0.414 e. The normalized spacial score (nSPS) is 9.50. The van der Waals surface area contributed by atoms with Gasteiger partial charge in [-0.25, -0.2) is 0 Å². The molecule has 1 rings (SSSR count). The summed E-state index contributed by atoms with van der Waals surface area (Å²) >= 11 is 4.51. The van der Waals surface area contributed by atoms with Gasteiger partial charge in [-0.2, -0.15) is 0 Å². The van der Waals surface area contributed by atoms with Gasteiger partial charge < -0.3 is 8.83 Å². The molecule has 1 aromatic rings. The van der Waals surface area contributed by atoms with Gasteiger partial charge in [0.05, 0.1) is 0 Å². The molecule has 8 heavy (non-hydrogen) atoms. The Bertz CT molecular complexity index is 288. The predicted octanol–water partition coefficient (Wildman–Crippen LogP) is 0.423. The summed E-state index contributed by atoms with van der Waals surface area (Å²) in [5, 5.41) is 0. The summed E-state index contributed by atoms with van der Waals surface area (Å²) < 4.78 is 9.38. The van der Waals surface area contributed by atoms with Crippen LogP contribution in [0.25, 0.3) is 13.2 Å². The Morgan fingerprint density at radius 1 is 1.12 bits per heavy atom. The van der Waals surface area contributed by atoms with Crippen LogP contribution in [0, 0.1) is 4.90 Å². The van der Waals surface area contributed by atoms with E-state index in [1.807, 2.05) is 0 Å². The zero-order valence-corrected chi connectivity index (χ0v) is 4.96. The predicted molar refractivity (Wildman–Crippen MR) is 32.1 cm³/mol. The molecule has 0 radical (unpaired) electrons. The first-order valence-electron chi connectivity index (χ1n) is 1.98. The summed E-state index contributed by atoms with van der Waals surface area (Å²) in [5.74, 6) is 0. The molecule has 0 unspecified atom stereocenters. The second-order valence-corrected chi connectivity index (χ2v) is 1.63. The third-order valence-electron chi connectivity index (χ3n) is 0.724. The summed E-state index contributed by atoms with van der Waals surface area (Å²) in [6.45, 7) is 6.90. The average Bonchev–Trinajstić information content (AvgIpc) is 1.85. The van der Waals surface area contributed by atoms with Crippen LogP contribution in [0.4, 0.5) is 0 Å². The molecule has 0 atom stereocenters. The fraction of sp³-hybridized carbons (Fsp3) is 0. The Kier molecular flexibility index (Phi) is 1.06. The summed E-state index contributed by atoms with van der Waals surface area (Å²) in [4.78, 5) is 0.0833. The second-order valence-electron chi connectivity index (χ2n) is 1.30. The molecule has 42 valence electrons. The summed E-state index contributed by atoms with van der Waals surface area (Å²) in [7, 11) is 0. The first-order chi connectivity index (χ1) is 3.70. The van der Waals surface area contributed by atoms with Crippen LogP contribution in [0.2, 0.25) is 0 Å². The van der Waals surface area contributed by atoms with Crippen LogP contribution in [0.5, 0.6) is 0 Å². The van der Waals surface area contributed by atoms with Crippen molar-refractivity contribution in [2.24, 2.45) is 0 Å². The monoisotopic (exact) mass is 128 g/mol. The van der Waals surface area contributed by atoms with Crippen LogP contribution < -0.4 is 10.8 Å². The maximum atomic E-state index is 4.69.